The summed E-state index contributed by atoms with van der Waals surface area (Å²) in [5.41, 5.74) is 2.21. The zero-order chi connectivity index (χ0) is 20.1. The molecule has 1 heterocycles. The van der Waals surface area contributed by atoms with E-state index in [9.17, 15) is 0 Å². The molecule has 0 spiro atoms. The molecule has 1 aliphatic heterocycles. The summed E-state index contributed by atoms with van der Waals surface area (Å²) in [5.74, 6) is 0. The Bertz CT molecular complexity index is 547. The first-order valence-corrected chi connectivity index (χ1v) is 11.5. The first kappa shape index (κ1) is 22.7. The van der Waals surface area contributed by atoms with Crippen LogP contribution in [0.4, 0.5) is 5.69 Å². The minimum atomic E-state index is 0.935. The van der Waals surface area contributed by atoms with E-state index < -0.39 is 0 Å². The number of hydrogen-bond acceptors (Lipinski definition) is 3. The largest absolute Gasteiger partial charge is 0.411 e. The van der Waals surface area contributed by atoms with Gasteiger partial charge in [0.2, 0.25) is 0 Å². The number of quaternary nitrogens is 1. The lowest BCUT2D eigenvalue weighted by Gasteiger charge is -2.43. The standard InChI is InChI=1S/C24H41N3O/c1-3-4-5-6-7-8-9-10-11-12-19-27(2)20-17-26(18-21-27)24-15-13-23(14-16-24)22-25-28/h13-16,22H,3-12,17-21H2,1-2H3/p+1. The van der Waals surface area contributed by atoms with Gasteiger partial charge < -0.3 is 14.6 Å². The van der Waals surface area contributed by atoms with E-state index in [-0.39, 0.29) is 0 Å². The molecule has 4 nitrogen and oxygen atoms in total. The topological polar surface area (TPSA) is 35.8 Å². The van der Waals surface area contributed by atoms with Crippen LogP contribution in [0.1, 0.15) is 76.7 Å². The SMILES string of the molecule is CCCCCCCCCCCC[N+]1(C)CCN(c2ccc(C=NO)cc2)CC1. The van der Waals surface area contributed by atoms with Gasteiger partial charge in [0.25, 0.3) is 0 Å². The van der Waals surface area contributed by atoms with Crippen molar-refractivity contribution in [3.8, 4) is 0 Å². The summed E-state index contributed by atoms with van der Waals surface area (Å²) in [6.45, 7) is 8.34. The molecule has 4 heteroatoms. The van der Waals surface area contributed by atoms with Crippen LogP contribution in [0.5, 0.6) is 0 Å². The number of rotatable bonds is 13. The van der Waals surface area contributed by atoms with Gasteiger partial charge in [-0.2, -0.15) is 0 Å². The highest BCUT2D eigenvalue weighted by Crippen LogP contribution is 2.20. The van der Waals surface area contributed by atoms with E-state index in [1.54, 1.807) is 0 Å². The van der Waals surface area contributed by atoms with Crippen LogP contribution in [0.3, 0.4) is 0 Å². The predicted octanol–water partition coefficient (Wildman–Crippen LogP) is 5.68. The van der Waals surface area contributed by atoms with Crippen LogP contribution in [-0.2, 0) is 0 Å². The lowest BCUT2D eigenvalue weighted by Crippen LogP contribution is -2.57. The highest BCUT2D eigenvalue weighted by atomic mass is 16.4. The third-order valence-electron chi connectivity index (χ3n) is 6.34. The van der Waals surface area contributed by atoms with Gasteiger partial charge in [-0.1, -0.05) is 75.6 Å². The molecule has 1 N–H and O–H groups in total. The van der Waals surface area contributed by atoms with E-state index in [1.807, 2.05) is 12.1 Å². The molecule has 28 heavy (non-hydrogen) atoms. The molecule has 1 fully saturated rings. The average Bonchev–Trinajstić information content (AvgIpc) is 2.71. The molecule has 1 aromatic carbocycles. The average molecular weight is 389 g/mol. The summed E-state index contributed by atoms with van der Waals surface area (Å²) >= 11 is 0. The molecule has 0 saturated carbocycles. The number of likely N-dealkylation sites (N-methyl/N-ethyl adjacent to an activating group) is 1. The number of anilines is 1. The van der Waals surface area contributed by atoms with Crippen LogP contribution >= 0.6 is 0 Å². The fourth-order valence-corrected chi connectivity index (χ4v) is 4.25. The van der Waals surface area contributed by atoms with Gasteiger partial charge in [-0.15, -0.1) is 0 Å². The first-order valence-electron chi connectivity index (χ1n) is 11.5. The van der Waals surface area contributed by atoms with Gasteiger partial charge in [-0.25, -0.2) is 0 Å². The Labute approximate surface area is 172 Å². The van der Waals surface area contributed by atoms with Gasteiger partial charge in [0.15, 0.2) is 0 Å². The van der Waals surface area contributed by atoms with E-state index in [0.29, 0.717) is 0 Å². The number of nitrogens with zero attached hydrogens (tertiary/aromatic N) is 3. The normalized spacial score (nSPS) is 16.7. The highest BCUT2D eigenvalue weighted by Gasteiger charge is 2.28. The molecular weight excluding hydrogens is 346 g/mol. The molecule has 0 amide bonds. The molecule has 0 unspecified atom stereocenters. The van der Waals surface area contributed by atoms with Crippen molar-refractivity contribution in [1.82, 2.24) is 0 Å². The maximum atomic E-state index is 8.62. The van der Waals surface area contributed by atoms with Crippen molar-refractivity contribution in [3.05, 3.63) is 29.8 Å². The second-order valence-electron chi connectivity index (χ2n) is 8.80. The molecule has 0 radical (unpaired) electrons. The van der Waals surface area contributed by atoms with Crippen molar-refractivity contribution in [1.29, 1.82) is 0 Å². The van der Waals surface area contributed by atoms with Crippen molar-refractivity contribution in [2.45, 2.75) is 71.1 Å². The van der Waals surface area contributed by atoms with Gasteiger partial charge in [-0.05, 0) is 30.5 Å². The summed E-state index contributed by atoms with van der Waals surface area (Å²) in [6.07, 6.45) is 15.6. The summed E-state index contributed by atoms with van der Waals surface area (Å²) in [5, 5.41) is 11.7. The monoisotopic (exact) mass is 388 g/mol. The smallest absolute Gasteiger partial charge is 0.0963 e. The summed E-state index contributed by atoms with van der Waals surface area (Å²) in [7, 11) is 2.44. The summed E-state index contributed by atoms with van der Waals surface area (Å²) < 4.78 is 1.22. The highest BCUT2D eigenvalue weighted by molar-refractivity contribution is 5.79. The Hall–Kier alpha value is -1.55. The van der Waals surface area contributed by atoms with Crippen molar-refractivity contribution in [2.75, 3.05) is 44.7 Å². The first-order chi connectivity index (χ1) is 13.7. The van der Waals surface area contributed by atoms with Crippen molar-refractivity contribution in [2.24, 2.45) is 5.16 Å². The minimum Gasteiger partial charge on any atom is -0.411 e. The van der Waals surface area contributed by atoms with Crippen LogP contribution in [-0.4, -0.2) is 55.7 Å². The van der Waals surface area contributed by atoms with E-state index in [0.717, 1.165) is 18.7 Å². The molecule has 2 rings (SSSR count). The van der Waals surface area contributed by atoms with Gasteiger partial charge in [0, 0.05) is 5.69 Å². The Morgan fingerprint density at radius 3 is 1.96 bits per heavy atom. The van der Waals surface area contributed by atoms with E-state index >= 15 is 0 Å². The van der Waals surface area contributed by atoms with Crippen LogP contribution in [0.25, 0.3) is 0 Å². The molecule has 0 atom stereocenters. The third kappa shape index (κ3) is 8.22. The molecule has 1 aliphatic rings. The second-order valence-corrected chi connectivity index (χ2v) is 8.80. The quantitative estimate of drug-likeness (QED) is 0.155. The van der Waals surface area contributed by atoms with Crippen LogP contribution in [0.15, 0.2) is 29.4 Å². The molecule has 0 aromatic heterocycles. The molecule has 1 saturated heterocycles. The van der Waals surface area contributed by atoms with Crippen LogP contribution in [0, 0.1) is 0 Å². The number of unbranched alkanes of at least 4 members (excludes halogenated alkanes) is 9. The van der Waals surface area contributed by atoms with Gasteiger partial charge in [-0.3, -0.25) is 0 Å². The molecule has 1 aromatic rings. The Morgan fingerprint density at radius 1 is 0.893 bits per heavy atom. The van der Waals surface area contributed by atoms with Crippen LogP contribution in [0.2, 0.25) is 0 Å². The molecule has 0 bridgehead atoms. The number of oxime groups is 1. The number of hydrogen-bond donors (Lipinski definition) is 1. The molecule has 0 aliphatic carbocycles. The maximum Gasteiger partial charge on any atom is 0.0963 e. The van der Waals surface area contributed by atoms with Gasteiger partial charge in [0.05, 0.1) is 46.0 Å². The van der Waals surface area contributed by atoms with E-state index in [2.05, 4.69) is 36.2 Å². The van der Waals surface area contributed by atoms with Crippen molar-refractivity contribution >= 4 is 11.9 Å². The zero-order valence-corrected chi connectivity index (χ0v) is 18.3. The van der Waals surface area contributed by atoms with E-state index in [1.165, 1.54) is 100 Å². The minimum absolute atomic E-state index is 0.935. The number of benzene rings is 1. The van der Waals surface area contributed by atoms with Gasteiger partial charge >= 0.3 is 0 Å². The fourth-order valence-electron chi connectivity index (χ4n) is 4.25. The summed E-state index contributed by atoms with van der Waals surface area (Å²) in [6, 6.07) is 8.30. The molecule has 158 valence electrons. The maximum absolute atomic E-state index is 8.62. The third-order valence-corrected chi connectivity index (χ3v) is 6.34. The Balaban J connectivity index is 1.57. The predicted molar refractivity (Wildman–Crippen MR) is 121 cm³/mol. The second kappa shape index (κ2) is 12.8. The Kier molecular flexibility index (Phi) is 10.4. The van der Waals surface area contributed by atoms with Crippen molar-refractivity contribution in [3.63, 3.8) is 0 Å². The zero-order valence-electron chi connectivity index (χ0n) is 18.3. The lowest BCUT2D eigenvalue weighted by molar-refractivity contribution is -0.910. The lowest BCUT2D eigenvalue weighted by atomic mass is 10.1. The van der Waals surface area contributed by atoms with E-state index in [4.69, 9.17) is 5.21 Å². The molecular formula is C24H42N3O+. The van der Waals surface area contributed by atoms with Crippen LogP contribution < -0.4 is 4.90 Å². The van der Waals surface area contributed by atoms with Gasteiger partial charge in [0.1, 0.15) is 0 Å². The Morgan fingerprint density at radius 2 is 1.43 bits per heavy atom. The summed E-state index contributed by atoms with van der Waals surface area (Å²) in [4.78, 5) is 2.48. The number of piperazine rings is 1. The fraction of sp³-hybridized carbons (Fsp3) is 0.708. The van der Waals surface area contributed by atoms with Crippen molar-refractivity contribution < 1.29 is 9.69 Å².